The first-order valence-electron chi connectivity index (χ1n) is 7.94. The van der Waals surface area contributed by atoms with Gasteiger partial charge in [-0.3, -0.25) is 0 Å². The van der Waals surface area contributed by atoms with Crippen LogP contribution in [-0.2, 0) is 6.42 Å². The summed E-state index contributed by atoms with van der Waals surface area (Å²) in [5.74, 6) is 0. The molecule has 0 saturated heterocycles. The maximum Gasteiger partial charge on any atom is 0.116 e. The van der Waals surface area contributed by atoms with E-state index in [1.807, 2.05) is 25.1 Å². The van der Waals surface area contributed by atoms with Crippen molar-refractivity contribution in [3.05, 3.63) is 59.0 Å². The molecule has 0 atom stereocenters. The molecule has 0 radical (unpaired) electrons. The lowest BCUT2D eigenvalue weighted by Crippen LogP contribution is -1.96. The predicted octanol–water partition coefficient (Wildman–Crippen LogP) is 5.38. The molecule has 0 amide bonds. The zero-order valence-electron chi connectivity index (χ0n) is 13.5. The Bertz CT molecular complexity index is 1050. The van der Waals surface area contributed by atoms with Crippen molar-refractivity contribution >= 4 is 44.9 Å². The SMILES string of the molecule is CCc1ccc(Nc2cc(C)[nH]c3ccc4ncnc4c23)cc1Cl. The summed E-state index contributed by atoms with van der Waals surface area (Å²) in [5.41, 5.74) is 6.98. The number of nitrogens with one attached hydrogen (secondary N) is 2. The minimum absolute atomic E-state index is 0.782. The van der Waals surface area contributed by atoms with Crippen molar-refractivity contribution in [2.75, 3.05) is 5.32 Å². The molecule has 5 heteroatoms. The van der Waals surface area contributed by atoms with Crippen LogP contribution in [0.2, 0.25) is 5.02 Å². The molecule has 0 unspecified atom stereocenters. The predicted molar refractivity (Wildman–Crippen MR) is 100 cm³/mol. The zero-order valence-corrected chi connectivity index (χ0v) is 14.3. The second-order valence-corrected chi connectivity index (χ2v) is 6.29. The third-order valence-corrected chi connectivity index (χ3v) is 4.57. The molecule has 0 spiro atoms. The van der Waals surface area contributed by atoms with E-state index >= 15 is 0 Å². The van der Waals surface area contributed by atoms with E-state index in [0.717, 1.165) is 56.0 Å². The van der Waals surface area contributed by atoms with Gasteiger partial charge in [-0.2, -0.15) is 0 Å². The third kappa shape index (κ3) is 2.49. The smallest absolute Gasteiger partial charge is 0.116 e. The number of halogens is 1. The number of fused-ring (bicyclic) bond motifs is 3. The molecule has 4 aromatic rings. The Morgan fingerprint density at radius 3 is 2.79 bits per heavy atom. The Hall–Kier alpha value is -2.59. The van der Waals surface area contributed by atoms with Gasteiger partial charge in [0.2, 0.25) is 0 Å². The van der Waals surface area contributed by atoms with Gasteiger partial charge in [0.05, 0.1) is 11.2 Å². The van der Waals surface area contributed by atoms with E-state index in [0.29, 0.717) is 0 Å². The van der Waals surface area contributed by atoms with Crippen molar-refractivity contribution in [2.45, 2.75) is 20.3 Å². The largest absolute Gasteiger partial charge is 0.358 e. The summed E-state index contributed by atoms with van der Waals surface area (Å²) in [6, 6.07) is 12.2. The fourth-order valence-electron chi connectivity index (χ4n) is 3.04. The van der Waals surface area contributed by atoms with E-state index in [9.17, 15) is 0 Å². The molecule has 0 fully saturated rings. The molecule has 4 rings (SSSR count). The van der Waals surface area contributed by atoms with Crippen LogP contribution < -0.4 is 5.32 Å². The molecule has 24 heavy (non-hydrogen) atoms. The number of aryl methyl sites for hydroxylation is 2. The summed E-state index contributed by atoms with van der Waals surface area (Å²) in [5, 5.41) is 5.30. The monoisotopic (exact) mass is 336 g/mol. The topological polar surface area (TPSA) is 53.6 Å². The van der Waals surface area contributed by atoms with Crippen molar-refractivity contribution in [3.8, 4) is 0 Å². The van der Waals surface area contributed by atoms with Crippen molar-refractivity contribution in [1.82, 2.24) is 15.0 Å². The number of hydrogen-bond acceptors (Lipinski definition) is 3. The van der Waals surface area contributed by atoms with Gasteiger partial charge in [0.1, 0.15) is 11.8 Å². The Balaban J connectivity index is 1.89. The summed E-state index contributed by atoms with van der Waals surface area (Å²) < 4.78 is 0. The first-order valence-corrected chi connectivity index (χ1v) is 8.32. The van der Waals surface area contributed by atoms with Crippen LogP contribution in [0.3, 0.4) is 0 Å². The fourth-order valence-corrected chi connectivity index (χ4v) is 3.36. The molecular formula is C19H17ClN4. The van der Waals surface area contributed by atoms with Crippen molar-refractivity contribution in [2.24, 2.45) is 0 Å². The zero-order chi connectivity index (χ0) is 16.7. The minimum Gasteiger partial charge on any atom is -0.358 e. The van der Waals surface area contributed by atoms with Crippen LogP contribution in [0.5, 0.6) is 0 Å². The number of benzene rings is 2. The lowest BCUT2D eigenvalue weighted by molar-refractivity contribution is 1.14. The minimum atomic E-state index is 0.782. The molecule has 2 aromatic carbocycles. The number of pyridine rings is 1. The number of aromatic nitrogens is 3. The van der Waals surface area contributed by atoms with E-state index < -0.39 is 0 Å². The van der Waals surface area contributed by atoms with Crippen LogP contribution in [-0.4, -0.2) is 15.0 Å². The van der Waals surface area contributed by atoms with Gasteiger partial charge in [0, 0.05) is 27.3 Å². The highest BCUT2D eigenvalue weighted by molar-refractivity contribution is 6.31. The Labute approximate surface area is 144 Å². The molecule has 4 nitrogen and oxygen atoms in total. The number of anilines is 2. The highest BCUT2D eigenvalue weighted by Crippen LogP contribution is 2.32. The van der Waals surface area contributed by atoms with Gasteiger partial charge in [-0.05, 0) is 49.2 Å². The average molecular weight is 337 g/mol. The second kappa shape index (κ2) is 5.80. The lowest BCUT2D eigenvalue weighted by atomic mass is 10.1. The van der Waals surface area contributed by atoms with Gasteiger partial charge in [0.15, 0.2) is 0 Å². The van der Waals surface area contributed by atoms with Crippen LogP contribution in [0, 0.1) is 6.92 Å². The molecule has 0 aliphatic rings. The lowest BCUT2D eigenvalue weighted by Gasteiger charge is -2.13. The molecule has 0 aliphatic heterocycles. The van der Waals surface area contributed by atoms with Gasteiger partial charge in [-0.1, -0.05) is 24.6 Å². The number of aromatic amines is 1. The maximum atomic E-state index is 6.35. The van der Waals surface area contributed by atoms with Crippen LogP contribution in [0.15, 0.2) is 42.7 Å². The Morgan fingerprint density at radius 1 is 1.12 bits per heavy atom. The van der Waals surface area contributed by atoms with E-state index in [2.05, 4.69) is 45.4 Å². The quantitative estimate of drug-likeness (QED) is 0.528. The van der Waals surface area contributed by atoms with Crippen molar-refractivity contribution in [3.63, 3.8) is 0 Å². The summed E-state index contributed by atoms with van der Waals surface area (Å²) in [6.45, 7) is 4.14. The number of hydrogen-bond donors (Lipinski definition) is 2. The molecule has 0 aliphatic carbocycles. The molecular weight excluding hydrogens is 320 g/mol. The number of nitrogens with zero attached hydrogens (tertiary/aromatic N) is 2. The van der Waals surface area contributed by atoms with Gasteiger partial charge in [0.25, 0.3) is 0 Å². The molecule has 2 N–H and O–H groups in total. The second-order valence-electron chi connectivity index (χ2n) is 5.88. The van der Waals surface area contributed by atoms with Gasteiger partial charge >= 0.3 is 0 Å². The first kappa shape index (κ1) is 15.0. The summed E-state index contributed by atoms with van der Waals surface area (Å²) >= 11 is 6.35. The van der Waals surface area contributed by atoms with Crippen LogP contribution in [0.4, 0.5) is 11.4 Å². The number of imidazole rings is 1. The van der Waals surface area contributed by atoms with Crippen molar-refractivity contribution < 1.29 is 0 Å². The van der Waals surface area contributed by atoms with Gasteiger partial charge < -0.3 is 10.3 Å². The van der Waals surface area contributed by atoms with Gasteiger partial charge in [-0.15, -0.1) is 0 Å². The first-order chi connectivity index (χ1) is 11.7. The highest BCUT2D eigenvalue weighted by Gasteiger charge is 2.11. The normalized spacial score (nSPS) is 11.3. The fraction of sp³-hybridized carbons (Fsp3) is 0.158. The highest BCUT2D eigenvalue weighted by atomic mass is 35.5. The Morgan fingerprint density at radius 2 is 2.00 bits per heavy atom. The van der Waals surface area contributed by atoms with Crippen LogP contribution in [0.1, 0.15) is 18.2 Å². The summed E-state index contributed by atoms with van der Waals surface area (Å²) in [4.78, 5) is 12.1. The van der Waals surface area contributed by atoms with Gasteiger partial charge in [-0.25, -0.2) is 9.97 Å². The number of H-pyrrole nitrogens is 1. The van der Waals surface area contributed by atoms with Crippen LogP contribution >= 0.6 is 11.6 Å². The van der Waals surface area contributed by atoms with E-state index in [1.165, 1.54) is 0 Å². The molecule has 0 bridgehead atoms. The molecule has 2 aromatic heterocycles. The van der Waals surface area contributed by atoms with E-state index in [1.54, 1.807) is 6.33 Å². The maximum absolute atomic E-state index is 6.35. The number of rotatable bonds is 3. The van der Waals surface area contributed by atoms with Crippen molar-refractivity contribution in [1.29, 1.82) is 0 Å². The van der Waals surface area contributed by atoms with E-state index in [4.69, 9.17) is 11.6 Å². The molecule has 0 saturated carbocycles. The Kier molecular flexibility index (Phi) is 3.62. The summed E-state index contributed by atoms with van der Waals surface area (Å²) in [7, 11) is 0. The molecule has 120 valence electrons. The van der Waals surface area contributed by atoms with Crippen LogP contribution in [0.25, 0.3) is 21.9 Å². The standard InChI is InChI=1S/C19H17ClN4/c1-3-12-4-5-13(9-14(12)20)24-17-8-11(2)23-15-6-7-16-19(18(15)17)22-10-21-16/h4-10,23-24H,3H2,1-2H3. The van der Waals surface area contributed by atoms with E-state index in [-0.39, 0.29) is 0 Å². The molecule has 2 heterocycles. The summed E-state index contributed by atoms with van der Waals surface area (Å²) in [6.07, 6.45) is 2.52. The average Bonchev–Trinajstić information content (AvgIpc) is 3.03. The third-order valence-electron chi connectivity index (χ3n) is 4.22.